The van der Waals surface area contributed by atoms with E-state index in [1.165, 1.54) is 9.91 Å². The van der Waals surface area contributed by atoms with E-state index in [2.05, 4.69) is 15.4 Å². The topological polar surface area (TPSA) is 46.7 Å². The van der Waals surface area contributed by atoms with Crippen molar-refractivity contribution in [2.24, 2.45) is 5.10 Å². The molecule has 1 unspecified atom stereocenters. The van der Waals surface area contributed by atoms with Crippen LogP contribution in [0.25, 0.3) is 10.9 Å². The van der Waals surface area contributed by atoms with Crippen LogP contribution in [0.4, 0.5) is 13.2 Å². The second-order valence-corrected chi connectivity index (χ2v) is 6.68. The number of halogens is 4. The second-order valence-electron chi connectivity index (χ2n) is 6.24. The maximum Gasteiger partial charge on any atom is 0.451 e. The Kier molecular flexibility index (Phi) is 4.04. The minimum Gasteiger partial charge on any atom is -0.358 e. The molecule has 2 N–H and O–H groups in total. The van der Waals surface area contributed by atoms with Gasteiger partial charge in [0.05, 0.1) is 0 Å². The van der Waals surface area contributed by atoms with E-state index in [4.69, 9.17) is 11.6 Å². The maximum atomic E-state index is 13.2. The van der Waals surface area contributed by atoms with E-state index < -0.39 is 12.0 Å². The lowest BCUT2D eigenvalue weighted by Gasteiger charge is -2.36. The van der Waals surface area contributed by atoms with Crippen molar-refractivity contribution in [1.82, 2.24) is 20.2 Å². The highest BCUT2D eigenvalue weighted by molar-refractivity contribution is 6.31. The Labute approximate surface area is 147 Å². The summed E-state index contributed by atoms with van der Waals surface area (Å²) >= 11 is 5.98. The van der Waals surface area contributed by atoms with Gasteiger partial charge >= 0.3 is 6.18 Å². The number of aromatic amines is 1. The number of fused-ring (bicyclic) bond motifs is 2. The molecule has 0 spiro atoms. The highest BCUT2D eigenvalue weighted by Crippen LogP contribution is 2.29. The summed E-state index contributed by atoms with van der Waals surface area (Å²) in [5.41, 5.74) is 1.91. The molecule has 0 bridgehead atoms. The molecule has 0 saturated carbocycles. The van der Waals surface area contributed by atoms with E-state index >= 15 is 0 Å². The Bertz CT molecular complexity index is 816. The van der Waals surface area contributed by atoms with Gasteiger partial charge in [-0.3, -0.25) is 5.01 Å². The van der Waals surface area contributed by atoms with Crippen molar-refractivity contribution in [2.45, 2.75) is 18.8 Å². The Morgan fingerprint density at radius 1 is 1.28 bits per heavy atom. The third kappa shape index (κ3) is 3.16. The Morgan fingerprint density at radius 3 is 2.92 bits per heavy atom. The first-order valence-corrected chi connectivity index (χ1v) is 8.46. The molecule has 2 aromatic rings. The number of hydrogen-bond donors (Lipinski definition) is 2. The first kappa shape index (κ1) is 16.5. The summed E-state index contributed by atoms with van der Waals surface area (Å²) in [6, 6.07) is 7.53. The minimum absolute atomic E-state index is 0.310. The van der Waals surface area contributed by atoms with Crippen LogP contribution in [0.2, 0.25) is 5.02 Å². The summed E-state index contributed by atoms with van der Waals surface area (Å²) < 4.78 is 39.6. The van der Waals surface area contributed by atoms with Gasteiger partial charge in [0.15, 0.2) is 0 Å². The van der Waals surface area contributed by atoms with Crippen molar-refractivity contribution >= 4 is 28.3 Å². The predicted molar refractivity (Wildman–Crippen MR) is 90.6 cm³/mol. The van der Waals surface area contributed by atoms with Gasteiger partial charge in [0, 0.05) is 54.2 Å². The lowest BCUT2D eigenvalue weighted by molar-refractivity contribution is -0.0696. The van der Waals surface area contributed by atoms with Crippen LogP contribution in [0.3, 0.4) is 0 Å². The molecule has 1 atom stereocenters. The molecule has 9 heteroatoms. The van der Waals surface area contributed by atoms with Crippen LogP contribution in [0.15, 0.2) is 29.4 Å². The summed E-state index contributed by atoms with van der Waals surface area (Å²) in [6.07, 6.45) is -4.24. The van der Waals surface area contributed by atoms with Gasteiger partial charge in [0.25, 0.3) is 0 Å². The number of amidine groups is 1. The maximum absolute atomic E-state index is 13.2. The molecule has 1 aromatic carbocycles. The van der Waals surface area contributed by atoms with Crippen LogP contribution in [0.5, 0.6) is 0 Å². The van der Waals surface area contributed by atoms with Crippen molar-refractivity contribution in [3.8, 4) is 0 Å². The molecule has 2 aliphatic rings. The first-order valence-electron chi connectivity index (χ1n) is 8.09. The molecule has 25 heavy (non-hydrogen) atoms. The largest absolute Gasteiger partial charge is 0.451 e. The fraction of sp³-hybridized carbons (Fsp3) is 0.438. The molecule has 1 aromatic heterocycles. The molecule has 5 nitrogen and oxygen atoms in total. The fourth-order valence-corrected chi connectivity index (χ4v) is 3.58. The third-order valence-corrected chi connectivity index (χ3v) is 4.79. The number of nitrogens with zero attached hydrogens (tertiary/aromatic N) is 3. The summed E-state index contributed by atoms with van der Waals surface area (Å²) in [5, 5.41) is 10.2. The Hall–Kier alpha value is -1.93. The number of benzene rings is 1. The third-order valence-electron chi connectivity index (χ3n) is 4.56. The normalized spacial score (nSPS) is 21.0. The van der Waals surface area contributed by atoms with Gasteiger partial charge in [-0.2, -0.15) is 18.3 Å². The van der Waals surface area contributed by atoms with Crippen LogP contribution in [0, 0.1) is 0 Å². The number of hydrogen-bond acceptors (Lipinski definition) is 4. The average molecular weight is 372 g/mol. The van der Waals surface area contributed by atoms with Crippen LogP contribution in [-0.4, -0.2) is 59.2 Å². The van der Waals surface area contributed by atoms with Crippen molar-refractivity contribution in [3.05, 3.63) is 35.0 Å². The molecule has 1 fully saturated rings. The van der Waals surface area contributed by atoms with E-state index in [0.717, 1.165) is 16.6 Å². The molecular formula is C16H17ClF3N5. The van der Waals surface area contributed by atoms with Crippen molar-refractivity contribution in [1.29, 1.82) is 0 Å². The lowest BCUT2D eigenvalue weighted by Crippen LogP contribution is -2.57. The average Bonchev–Trinajstić information content (AvgIpc) is 3.13. The zero-order valence-electron chi connectivity index (χ0n) is 13.3. The molecule has 0 radical (unpaired) electrons. The lowest BCUT2D eigenvalue weighted by atomic mass is 10.2. The molecule has 4 rings (SSSR count). The van der Waals surface area contributed by atoms with E-state index in [1.807, 2.05) is 18.2 Å². The number of piperazine rings is 1. The predicted octanol–water partition coefficient (Wildman–Crippen LogP) is 2.79. The van der Waals surface area contributed by atoms with Crippen molar-refractivity contribution in [3.63, 3.8) is 0 Å². The first-order chi connectivity index (χ1) is 11.9. The number of aromatic nitrogens is 1. The molecular weight excluding hydrogens is 355 g/mol. The Morgan fingerprint density at radius 2 is 2.12 bits per heavy atom. The highest BCUT2D eigenvalue weighted by atomic mass is 35.5. The highest BCUT2D eigenvalue weighted by Gasteiger charge is 2.48. The van der Waals surface area contributed by atoms with Crippen LogP contribution < -0.4 is 5.32 Å². The van der Waals surface area contributed by atoms with Gasteiger partial charge in [-0.15, -0.1) is 0 Å². The van der Waals surface area contributed by atoms with E-state index in [9.17, 15) is 13.2 Å². The van der Waals surface area contributed by atoms with Gasteiger partial charge < -0.3 is 15.2 Å². The zero-order valence-corrected chi connectivity index (χ0v) is 14.0. The van der Waals surface area contributed by atoms with Crippen LogP contribution in [0.1, 0.15) is 5.69 Å². The van der Waals surface area contributed by atoms with E-state index in [0.29, 0.717) is 37.6 Å². The molecule has 0 aliphatic carbocycles. The quantitative estimate of drug-likeness (QED) is 0.872. The summed E-state index contributed by atoms with van der Waals surface area (Å²) in [5.74, 6) is -0.789. The van der Waals surface area contributed by atoms with Gasteiger partial charge in [0.2, 0.25) is 5.84 Å². The molecule has 134 valence electrons. The molecule has 1 saturated heterocycles. The molecule has 0 amide bonds. The number of rotatable bonds is 3. The van der Waals surface area contributed by atoms with Crippen molar-refractivity contribution in [2.75, 3.05) is 26.2 Å². The number of nitrogens with one attached hydrogen (secondary N) is 2. The summed E-state index contributed by atoms with van der Waals surface area (Å²) in [4.78, 5) is 4.62. The molecule has 3 heterocycles. The van der Waals surface area contributed by atoms with Gasteiger partial charge in [-0.25, -0.2) is 0 Å². The van der Waals surface area contributed by atoms with Gasteiger partial charge in [-0.1, -0.05) is 11.6 Å². The van der Waals surface area contributed by atoms with Crippen LogP contribution >= 0.6 is 11.6 Å². The zero-order chi connectivity index (χ0) is 17.6. The van der Waals surface area contributed by atoms with Gasteiger partial charge in [-0.05, 0) is 24.3 Å². The monoisotopic (exact) mass is 371 g/mol. The second kappa shape index (κ2) is 6.10. The smallest absolute Gasteiger partial charge is 0.358 e. The van der Waals surface area contributed by atoms with E-state index in [-0.39, 0.29) is 6.17 Å². The minimum atomic E-state index is -4.43. The summed E-state index contributed by atoms with van der Waals surface area (Å²) in [6.45, 7) is 1.71. The standard InChI is InChI=1S/C16H17ClF3N5/c17-11-1-2-13-10(7-11)8-12(22-13)3-5-25-14-9-21-4-6-24(14)15(23-25)16(18,19)20/h1-2,7-8,14,21-22H,3-6,9H2. The van der Waals surface area contributed by atoms with Gasteiger partial charge in [0.1, 0.15) is 6.17 Å². The molecule has 2 aliphatic heterocycles. The van der Waals surface area contributed by atoms with E-state index in [1.54, 1.807) is 6.07 Å². The summed E-state index contributed by atoms with van der Waals surface area (Å²) in [7, 11) is 0. The number of hydrazone groups is 1. The number of alkyl halides is 3. The van der Waals surface area contributed by atoms with Crippen LogP contribution in [-0.2, 0) is 6.42 Å². The SMILES string of the molecule is FC(F)(F)C1=NN(CCc2cc3cc(Cl)ccc3[nH]2)C2CNCCN12. The fourth-order valence-electron chi connectivity index (χ4n) is 3.40. The van der Waals surface area contributed by atoms with Crippen molar-refractivity contribution < 1.29 is 13.2 Å². The number of H-pyrrole nitrogens is 1. The Balaban J connectivity index is 1.51.